The topological polar surface area (TPSA) is 37.1 Å². The van der Waals surface area contributed by atoms with E-state index in [1.807, 2.05) is 0 Å². The molecule has 0 saturated heterocycles. The molecular formula is C5H9N3. The Bertz CT molecular complexity index is 110. The molecule has 3 nitrogen and oxygen atoms in total. The van der Waals surface area contributed by atoms with Crippen LogP contribution in [0, 0.1) is 0 Å². The molecule has 0 aliphatic carbocycles. The summed E-state index contributed by atoms with van der Waals surface area (Å²) in [5, 5.41) is 7.01. The first-order valence-electron chi connectivity index (χ1n) is 2.28. The summed E-state index contributed by atoms with van der Waals surface area (Å²) in [7, 11) is 1.58. The zero-order valence-corrected chi connectivity index (χ0v) is 5.13. The molecule has 0 aliphatic heterocycles. The molecule has 3 heteroatoms. The SMILES string of the molecule is C=C(N=CC)N=NC. The Morgan fingerprint density at radius 1 is 1.62 bits per heavy atom. The van der Waals surface area contributed by atoms with Crippen LogP contribution in [0.1, 0.15) is 6.92 Å². The van der Waals surface area contributed by atoms with Crippen LogP contribution in [-0.4, -0.2) is 13.3 Å². The van der Waals surface area contributed by atoms with Crippen molar-refractivity contribution in [1.82, 2.24) is 0 Å². The first kappa shape index (κ1) is 7.01. The van der Waals surface area contributed by atoms with E-state index in [-0.39, 0.29) is 0 Å². The van der Waals surface area contributed by atoms with E-state index in [9.17, 15) is 0 Å². The number of azo groups is 1. The Kier molecular flexibility index (Phi) is 3.66. The van der Waals surface area contributed by atoms with Crippen LogP contribution in [0.25, 0.3) is 0 Å². The molecule has 0 fully saturated rings. The van der Waals surface area contributed by atoms with Crippen molar-refractivity contribution in [1.29, 1.82) is 0 Å². The molecule has 0 amide bonds. The molecular weight excluding hydrogens is 102 g/mol. The Morgan fingerprint density at radius 2 is 2.25 bits per heavy atom. The lowest BCUT2D eigenvalue weighted by Crippen LogP contribution is -1.65. The van der Waals surface area contributed by atoms with Crippen LogP contribution in [0.5, 0.6) is 0 Å². The third-order valence-corrected chi connectivity index (χ3v) is 0.494. The van der Waals surface area contributed by atoms with E-state index in [4.69, 9.17) is 0 Å². The lowest BCUT2D eigenvalue weighted by atomic mass is 10.8. The largest absolute Gasteiger partial charge is 0.241 e. The van der Waals surface area contributed by atoms with E-state index in [1.165, 1.54) is 0 Å². The average Bonchev–Trinajstić information content (AvgIpc) is 1.68. The van der Waals surface area contributed by atoms with E-state index in [0.717, 1.165) is 0 Å². The zero-order chi connectivity index (χ0) is 6.41. The first-order chi connectivity index (χ1) is 3.81. The minimum Gasteiger partial charge on any atom is -0.241 e. The van der Waals surface area contributed by atoms with E-state index < -0.39 is 0 Å². The molecule has 0 heterocycles. The van der Waals surface area contributed by atoms with Gasteiger partial charge in [0.05, 0.1) is 0 Å². The average molecular weight is 111 g/mol. The van der Waals surface area contributed by atoms with Crippen LogP contribution in [0.2, 0.25) is 0 Å². The van der Waals surface area contributed by atoms with Crippen molar-refractivity contribution in [3.05, 3.63) is 12.4 Å². The molecule has 0 bridgehead atoms. The van der Waals surface area contributed by atoms with Crippen LogP contribution in [0.3, 0.4) is 0 Å². The minimum atomic E-state index is 0.440. The Hall–Kier alpha value is -0.990. The Balaban J connectivity index is 3.66. The van der Waals surface area contributed by atoms with Gasteiger partial charge in [0.2, 0.25) is 0 Å². The summed E-state index contributed by atoms with van der Waals surface area (Å²) in [6.07, 6.45) is 1.62. The first-order valence-corrected chi connectivity index (χ1v) is 2.28. The van der Waals surface area contributed by atoms with Crippen molar-refractivity contribution in [2.75, 3.05) is 7.05 Å². The van der Waals surface area contributed by atoms with Crippen molar-refractivity contribution in [2.45, 2.75) is 6.92 Å². The molecule has 0 rings (SSSR count). The van der Waals surface area contributed by atoms with Gasteiger partial charge in [-0.25, -0.2) is 4.99 Å². The zero-order valence-electron chi connectivity index (χ0n) is 5.13. The molecule has 0 spiro atoms. The highest BCUT2D eigenvalue weighted by Crippen LogP contribution is 1.91. The van der Waals surface area contributed by atoms with Gasteiger partial charge in [-0.1, -0.05) is 6.58 Å². The van der Waals surface area contributed by atoms with Crippen molar-refractivity contribution in [3.8, 4) is 0 Å². The highest BCUT2D eigenvalue weighted by atomic mass is 15.1. The highest BCUT2D eigenvalue weighted by Gasteiger charge is 1.75. The van der Waals surface area contributed by atoms with Crippen LogP contribution in [-0.2, 0) is 0 Å². The minimum absolute atomic E-state index is 0.440. The van der Waals surface area contributed by atoms with Crippen LogP contribution in [0.4, 0.5) is 0 Å². The number of nitrogens with zero attached hydrogens (tertiary/aromatic N) is 3. The second-order valence-electron chi connectivity index (χ2n) is 1.10. The van der Waals surface area contributed by atoms with Crippen molar-refractivity contribution in [2.24, 2.45) is 15.2 Å². The third kappa shape index (κ3) is 3.21. The Morgan fingerprint density at radius 3 is 2.62 bits per heavy atom. The smallest absolute Gasteiger partial charge is 0.166 e. The maximum Gasteiger partial charge on any atom is 0.166 e. The molecule has 0 atom stereocenters. The molecule has 0 radical (unpaired) electrons. The van der Waals surface area contributed by atoms with Gasteiger partial charge in [-0.2, -0.15) is 5.11 Å². The maximum atomic E-state index is 3.73. The van der Waals surface area contributed by atoms with Gasteiger partial charge < -0.3 is 0 Å². The summed E-state index contributed by atoms with van der Waals surface area (Å²) in [6, 6.07) is 0. The molecule has 0 aliphatic rings. The fourth-order valence-corrected chi connectivity index (χ4v) is 0.290. The van der Waals surface area contributed by atoms with Crippen molar-refractivity contribution >= 4 is 6.21 Å². The molecule has 0 unspecified atom stereocenters. The normalized spacial score (nSPS) is 11.2. The lowest BCUT2D eigenvalue weighted by molar-refractivity contribution is 1.07. The second-order valence-corrected chi connectivity index (χ2v) is 1.10. The van der Waals surface area contributed by atoms with Crippen LogP contribution in [0.15, 0.2) is 27.6 Å². The van der Waals surface area contributed by atoms with Crippen molar-refractivity contribution in [3.63, 3.8) is 0 Å². The van der Waals surface area contributed by atoms with Gasteiger partial charge in [-0.3, -0.25) is 0 Å². The summed E-state index contributed by atoms with van der Waals surface area (Å²) in [5.74, 6) is 0.440. The number of hydrogen-bond donors (Lipinski definition) is 0. The quantitative estimate of drug-likeness (QED) is 0.383. The highest BCUT2D eigenvalue weighted by molar-refractivity contribution is 5.54. The van der Waals surface area contributed by atoms with Gasteiger partial charge in [-0.15, -0.1) is 5.11 Å². The molecule has 0 saturated carbocycles. The van der Waals surface area contributed by atoms with E-state index in [0.29, 0.717) is 5.82 Å². The summed E-state index contributed by atoms with van der Waals surface area (Å²) in [5.41, 5.74) is 0. The van der Waals surface area contributed by atoms with Gasteiger partial charge >= 0.3 is 0 Å². The standard InChI is InChI=1S/C5H9N3/c1-4-7-5(2)8-6-3/h4H,2H2,1,3H3. The molecule has 0 aromatic carbocycles. The predicted octanol–water partition coefficient (Wildman–Crippen LogP) is 1.63. The summed E-state index contributed by atoms with van der Waals surface area (Å²) < 4.78 is 0. The number of hydrogen-bond acceptors (Lipinski definition) is 3. The monoisotopic (exact) mass is 111 g/mol. The number of aliphatic imine (C=N–C) groups is 1. The summed E-state index contributed by atoms with van der Waals surface area (Å²) >= 11 is 0. The molecule has 0 aromatic rings. The number of rotatable bonds is 2. The van der Waals surface area contributed by atoms with E-state index >= 15 is 0 Å². The van der Waals surface area contributed by atoms with E-state index in [1.54, 1.807) is 20.2 Å². The van der Waals surface area contributed by atoms with E-state index in [2.05, 4.69) is 21.8 Å². The maximum absolute atomic E-state index is 3.73. The predicted molar refractivity (Wildman–Crippen MR) is 34.1 cm³/mol. The van der Waals surface area contributed by atoms with Crippen LogP contribution >= 0.6 is 0 Å². The second kappa shape index (κ2) is 4.18. The van der Waals surface area contributed by atoms with Gasteiger partial charge in [-0.05, 0) is 6.92 Å². The fraction of sp³-hybridized carbons (Fsp3) is 0.400. The molecule has 0 aromatic heterocycles. The molecule has 0 N–H and O–H groups in total. The van der Waals surface area contributed by atoms with Gasteiger partial charge in [0.25, 0.3) is 0 Å². The third-order valence-electron chi connectivity index (χ3n) is 0.494. The fourth-order valence-electron chi connectivity index (χ4n) is 0.290. The van der Waals surface area contributed by atoms with Crippen molar-refractivity contribution < 1.29 is 0 Å². The molecule has 8 heavy (non-hydrogen) atoms. The van der Waals surface area contributed by atoms with Crippen LogP contribution < -0.4 is 0 Å². The van der Waals surface area contributed by atoms with Gasteiger partial charge in [0.15, 0.2) is 5.82 Å². The summed E-state index contributed by atoms with van der Waals surface area (Å²) in [4.78, 5) is 3.73. The molecule has 44 valence electrons. The lowest BCUT2D eigenvalue weighted by Gasteiger charge is -1.81. The summed E-state index contributed by atoms with van der Waals surface area (Å²) in [6.45, 7) is 5.28. The van der Waals surface area contributed by atoms with Gasteiger partial charge in [0, 0.05) is 13.3 Å². The Labute approximate surface area is 48.9 Å². The van der Waals surface area contributed by atoms with Gasteiger partial charge in [0.1, 0.15) is 0 Å².